The summed E-state index contributed by atoms with van der Waals surface area (Å²) in [5.41, 5.74) is 0.227. The van der Waals surface area contributed by atoms with Gasteiger partial charge < -0.3 is 10.1 Å². The third-order valence-electron chi connectivity index (χ3n) is 3.99. The minimum atomic E-state index is -3.76. The molecule has 1 amide bonds. The Labute approximate surface area is 172 Å². The summed E-state index contributed by atoms with van der Waals surface area (Å²) in [6.45, 7) is 1.15. The predicted octanol–water partition coefficient (Wildman–Crippen LogP) is 3.92. The van der Waals surface area contributed by atoms with Crippen LogP contribution in [0, 0.1) is 0 Å². The molecule has 144 valence electrons. The zero-order chi connectivity index (χ0) is 19.6. The van der Waals surface area contributed by atoms with Gasteiger partial charge in [0.05, 0.1) is 44.4 Å². The number of hydrogen-bond acceptors (Lipinski definition) is 4. The molecule has 0 aliphatic carbocycles. The van der Waals surface area contributed by atoms with Crippen LogP contribution in [0.5, 0.6) is 0 Å². The highest BCUT2D eigenvalue weighted by Gasteiger charge is 2.27. The topological polar surface area (TPSA) is 75.7 Å². The molecule has 0 spiro atoms. The summed E-state index contributed by atoms with van der Waals surface area (Å²) in [6, 6.07) is 8.77. The van der Waals surface area contributed by atoms with Crippen molar-refractivity contribution >= 4 is 56.4 Å². The number of benzene rings is 2. The Bertz CT molecular complexity index is 956. The minimum absolute atomic E-state index is 0.00184. The molecule has 0 unspecified atom stereocenters. The van der Waals surface area contributed by atoms with E-state index in [1.165, 1.54) is 22.5 Å². The van der Waals surface area contributed by atoms with E-state index in [2.05, 4.69) is 5.32 Å². The number of halogens is 3. The molecule has 0 aromatic heterocycles. The lowest BCUT2D eigenvalue weighted by Crippen LogP contribution is -2.40. The van der Waals surface area contributed by atoms with Gasteiger partial charge in [0.15, 0.2) is 0 Å². The van der Waals surface area contributed by atoms with E-state index in [0.29, 0.717) is 13.2 Å². The second-order valence-corrected chi connectivity index (χ2v) is 8.87. The maximum Gasteiger partial charge on any atom is 0.257 e. The molecule has 1 fully saturated rings. The minimum Gasteiger partial charge on any atom is -0.379 e. The highest BCUT2D eigenvalue weighted by molar-refractivity contribution is 7.89. The Hall–Kier alpha value is -1.35. The maximum atomic E-state index is 12.8. The van der Waals surface area contributed by atoms with Crippen molar-refractivity contribution in [3.05, 3.63) is 57.0 Å². The number of nitrogens with zero attached hydrogens (tertiary/aromatic N) is 1. The molecule has 27 heavy (non-hydrogen) atoms. The summed E-state index contributed by atoms with van der Waals surface area (Å²) in [5, 5.41) is 3.19. The summed E-state index contributed by atoms with van der Waals surface area (Å²) in [5.74, 6) is -0.617. The third kappa shape index (κ3) is 4.39. The average Bonchev–Trinajstić information content (AvgIpc) is 2.65. The van der Waals surface area contributed by atoms with Gasteiger partial charge >= 0.3 is 0 Å². The predicted molar refractivity (Wildman–Crippen MR) is 105 cm³/mol. The maximum absolute atomic E-state index is 12.8. The first-order chi connectivity index (χ1) is 12.8. The first-order valence-electron chi connectivity index (χ1n) is 7.93. The lowest BCUT2D eigenvalue weighted by Gasteiger charge is -2.26. The number of para-hydroxylation sites is 1. The Morgan fingerprint density at radius 1 is 1.00 bits per heavy atom. The van der Waals surface area contributed by atoms with Crippen molar-refractivity contribution in [2.24, 2.45) is 0 Å². The summed E-state index contributed by atoms with van der Waals surface area (Å²) < 4.78 is 32.1. The first-order valence-corrected chi connectivity index (χ1v) is 10.5. The van der Waals surface area contributed by atoms with Crippen molar-refractivity contribution < 1.29 is 17.9 Å². The van der Waals surface area contributed by atoms with Crippen LogP contribution in [0.2, 0.25) is 15.1 Å². The lowest BCUT2D eigenvalue weighted by molar-refractivity contribution is 0.0730. The van der Waals surface area contributed by atoms with Crippen molar-refractivity contribution in [3.8, 4) is 0 Å². The second-order valence-electron chi connectivity index (χ2n) is 5.71. The number of morpholine rings is 1. The quantitative estimate of drug-likeness (QED) is 0.767. The van der Waals surface area contributed by atoms with Gasteiger partial charge in [0, 0.05) is 13.1 Å². The number of amides is 1. The Morgan fingerprint density at radius 3 is 2.26 bits per heavy atom. The van der Waals surface area contributed by atoms with Crippen LogP contribution in [0.25, 0.3) is 0 Å². The zero-order valence-corrected chi connectivity index (χ0v) is 17.0. The molecule has 3 rings (SSSR count). The van der Waals surface area contributed by atoms with Gasteiger partial charge in [-0.1, -0.05) is 40.9 Å². The van der Waals surface area contributed by atoms with Crippen molar-refractivity contribution in [1.82, 2.24) is 4.31 Å². The first kappa shape index (κ1) is 20.4. The molecule has 1 saturated heterocycles. The SMILES string of the molecule is O=C(Nc1c(Cl)cccc1Cl)c1cc(S(=O)(=O)N2CCOCC2)ccc1Cl. The number of anilines is 1. The summed E-state index contributed by atoms with van der Waals surface area (Å²) >= 11 is 18.2. The highest BCUT2D eigenvalue weighted by Crippen LogP contribution is 2.31. The zero-order valence-electron chi connectivity index (χ0n) is 13.9. The molecule has 0 saturated carbocycles. The van der Waals surface area contributed by atoms with Crippen LogP contribution in [-0.4, -0.2) is 44.9 Å². The van der Waals surface area contributed by atoms with Gasteiger partial charge in [0.25, 0.3) is 5.91 Å². The van der Waals surface area contributed by atoms with E-state index in [1.807, 2.05) is 0 Å². The molecule has 6 nitrogen and oxygen atoms in total. The van der Waals surface area contributed by atoms with Crippen LogP contribution in [-0.2, 0) is 14.8 Å². The van der Waals surface area contributed by atoms with Gasteiger partial charge in [-0.15, -0.1) is 0 Å². The van der Waals surface area contributed by atoms with Crippen LogP contribution >= 0.6 is 34.8 Å². The Kier molecular flexibility index (Phi) is 6.30. The van der Waals surface area contributed by atoms with E-state index < -0.39 is 15.9 Å². The fourth-order valence-corrected chi connectivity index (χ4v) is 4.70. The standard InChI is InChI=1S/C17H15Cl3N2O4S/c18-13-5-4-11(27(24,25)22-6-8-26-9-7-22)10-12(13)17(23)21-16-14(19)2-1-3-15(16)20/h1-5,10H,6-9H2,(H,21,23). The number of rotatable bonds is 4. The molecular weight excluding hydrogens is 435 g/mol. The normalized spacial score (nSPS) is 15.5. The molecule has 2 aromatic rings. The van der Waals surface area contributed by atoms with Crippen molar-refractivity contribution in [3.63, 3.8) is 0 Å². The van der Waals surface area contributed by atoms with E-state index in [4.69, 9.17) is 39.5 Å². The number of carbonyl (C=O) groups is 1. The van der Waals surface area contributed by atoms with E-state index in [9.17, 15) is 13.2 Å². The molecule has 1 N–H and O–H groups in total. The van der Waals surface area contributed by atoms with Gasteiger partial charge in [-0.2, -0.15) is 4.31 Å². The molecule has 1 heterocycles. The summed E-state index contributed by atoms with van der Waals surface area (Å²) in [4.78, 5) is 12.6. The molecule has 1 aliphatic rings. The van der Waals surface area contributed by atoms with Crippen LogP contribution < -0.4 is 5.32 Å². The third-order valence-corrected chi connectivity index (χ3v) is 6.85. The number of sulfonamides is 1. The van der Waals surface area contributed by atoms with Crippen LogP contribution in [0.1, 0.15) is 10.4 Å². The van der Waals surface area contributed by atoms with Crippen LogP contribution in [0.3, 0.4) is 0 Å². The Morgan fingerprint density at radius 2 is 1.63 bits per heavy atom. The van der Waals surface area contributed by atoms with Crippen LogP contribution in [0.15, 0.2) is 41.3 Å². The fourth-order valence-electron chi connectivity index (χ4n) is 2.57. The highest BCUT2D eigenvalue weighted by atomic mass is 35.5. The molecule has 0 bridgehead atoms. The molecule has 0 atom stereocenters. The number of nitrogens with one attached hydrogen (secondary N) is 1. The lowest BCUT2D eigenvalue weighted by atomic mass is 10.2. The molecule has 10 heteroatoms. The van der Waals surface area contributed by atoms with E-state index in [-0.39, 0.29) is 44.3 Å². The molecule has 1 aliphatic heterocycles. The van der Waals surface area contributed by atoms with Crippen molar-refractivity contribution in [1.29, 1.82) is 0 Å². The van der Waals surface area contributed by atoms with E-state index in [0.717, 1.165) is 0 Å². The Balaban J connectivity index is 1.92. The van der Waals surface area contributed by atoms with Gasteiger partial charge in [-0.3, -0.25) is 4.79 Å². The molecule has 2 aromatic carbocycles. The number of carbonyl (C=O) groups excluding carboxylic acids is 1. The van der Waals surface area contributed by atoms with Crippen molar-refractivity contribution in [2.45, 2.75) is 4.90 Å². The molecule has 0 radical (unpaired) electrons. The second kappa shape index (κ2) is 8.34. The van der Waals surface area contributed by atoms with E-state index in [1.54, 1.807) is 18.2 Å². The average molecular weight is 450 g/mol. The molecular formula is C17H15Cl3N2O4S. The van der Waals surface area contributed by atoms with Gasteiger partial charge in [-0.05, 0) is 30.3 Å². The monoisotopic (exact) mass is 448 g/mol. The van der Waals surface area contributed by atoms with E-state index >= 15 is 0 Å². The van der Waals surface area contributed by atoms with Crippen LogP contribution in [0.4, 0.5) is 5.69 Å². The number of ether oxygens (including phenoxy) is 1. The smallest absolute Gasteiger partial charge is 0.257 e. The summed E-state index contributed by atoms with van der Waals surface area (Å²) in [7, 11) is -3.76. The van der Waals surface area contributed by atoms with Gasteiger partial charge in [0.2, 0.25) is 10.0 Å². The van der Waals surface area contributed by atoms with Crippen molar-refractivity contribution in [2.75, 3.05) is 31.6 Å². The largest absolute Gasteiger partial charge is 0.379 e. The van der Waals surface area contributed by atoms with Gasteiger partial charge in [-0.25, -0.2) is 8.42 Å². The van der Waals surface area contributed by atoms with Gasteiger partial charge in [0.1, 0.15) is 0 Å². The fraction of sp³-hybridized carbons (Fsp3) is 0.235. The number of hydrogen-bond donors (Lipinski definition) is 1. The summed E-state index contributed by atoms with van der Waals surface area (Å²) in [6.07, 6.45) is 0.